The summed E-state index contributed by atoms with van der Waals surface area (Å²) in [7, 11) is 3.86. The standard InChI is InChI=1S/C18H22N4O3/c1-21(2)15-5-3-4-14(12-15)18(23)20-19-13-16-6-7-17(25-16)22-8-10-24-11-9-22/h3-7,12-13H,8-11H2,1-2H3,(H,20,23)/b19-13-. The van der Waals surface area contributed by atoms with E-state index in [4.69, 9.17) is 9.15 Å². The zero-order chi connectivity index (χ0) is 17.6. The van der Waals surface area contributed by atoms with Gasteiger partial charge in [0.1, 0.15) is 5.76 Å². The lowest BCUT2D eigenvalue weighted by Crippen LogP contribution is -2.35. The van der Waals surface area contributed by atoms with Crippen LogP contribution in [0.15, 0.2) is 45.9 Å². The van der Waals surface area contributed by atoms with Crippen LogP contribution in [0.1, 0.15) is 16.1 Å². The van der Waals surface area contributed by atoms with E-state index < -0.39 is 0 Å². The van der Waals surface area contributed by atoms with Gasteiger partial charge in [-0.15, -0.1) is 0 Å². The smallest absolute Gasteiger partial charge is 0.271 e. The monoisotopic (exact) mass is 342 g/mol. The van der Waals surface area contributed by atoms with Gasteiger partial charge < -0.3 is 19.0 Å². The van der Waals surface area contributed by atoms with Crippen LogP contribution >= 0.6 is 0 Å². The highest BCUT2D eigenvalue weighted by molar-refractivity contribution is 5.95. The van der Waals surface area contributed by atoms with Gasteiger partial charge in [0.15, 0.2) is 5.88 Å². The summed E-state index contributed by atoms with van der Waals surface area (Å²) in [5, 5.41) is 3.98. The molecule has 0 unspecified atom stereocenters. The van der Waals surface area contributed by atoms with Crippen LogP contribution in [0, 0.1) is 0 Å². The van der Waals surface area contributed by atoms with E-state index in [0.717, 1.165) is 24.7 Å². The summed E-state index contributed by atoms with van der Waals surface area (Å²) in [6.07, 6.45) is 1.50. The molecule has 0 aliphatic carbocycles. The maximum absolute atomic E-state index is 12.2. The second-order valence-corrected chi connectivity index (χ2v) is 5.92. The number of benzene rings is 1. The van der Waals surface area contributed by atoms with Gasteiger partial charge in [0, 0.05) is 44.5 Å². The van der Waals surface area contributed by atoms with Crippen molar-refractivity contribution in [1.82, 2.24) is 5.43 Å². The molecule has 1 fully saturated rings. The minimum Gasteiger partial charge on any atom is -0.440 e. The van der Waals surface area contributed by atoms with E-state index >= 15 is 0 Å². The molecule has 1 aromatic carbocycles. The summed E-state index contributed by atoms with van der Waals surface area (Å²) < 4.78 is 11.0. The fourth-order valence-electron chi connectivity index (χ4n) is 2.51. The zero-order valence-electron chi connectivity index (χ0n) is 14.4. The number of nitrogens with one attached hydrogen (secondary N) is 1. The first-order chi connectivity index (χ1) is 12.1. The van der Waals surface area contributed by atoms with E-state index in [1.807, 2.05) is 49.3 Å². The van der Waals surface area contributed by atoms with Gasteiger partial charge in [-0.1, -0.05) is 6.07 Å². The molecule has 0 spiro atoms. The number of morpholine rings is 1. The zero-order valence-corrected chi connectivity index (χ0v) is 14.4. The number of carbonyl (C=O) groups is 1. The van der Waals surface area contributed by atoms with Crippen molar-refractivity contribution in [2.24, 2.45) is 5.10 Å². The molecule has 1 aliphatic heterocycles. The lowest BCUT2D eigenvalue weighted by Gasteiger charge is -2.26. The number of hydrazone groups is 1. The molecule has 0 saturated carbocycles. The van der Waals surface area contributed by atoms with Crippen LogP contribution in [0.3, 0.4) is 0 Å². The van der Waals surface area contributed by atoms with Crippen molar-refractivity contribution in [2.75, 3.05) is 50.2 Å². The van der Waals surface area contributed by atoms with Crippen LogP contribution in [-0.2, 0) is 4.74 Å². The minimum absolute atomic E-state index is 0.264. The quantitative estimate of drug-likeness (QED) is 0.664. The van der Waals surface area contributed by atoms with Crippen molar-refractivity contribution in [1.29, 1.82) is 0 Å². The summed E-state index contributed by atoms with van der Waals surface area (Å²) in [4.78, 5) is 16.2. The fourth-order valence-corrected chi connectivity index (χ4v) is 2.51. The highest BCUT2D eigenvalue weighted by atomic mass is 16.5. The second-order valence-electron chi connectivity index (χ2n) is 5.92. The number of nitrogens with zero attached hydrogens (tertiary/aromatic N) is 3. The van der Waals surface area contributed by atoms with Crippen LogP contribution in [0.5, 0.6) is 0 Å². The van der Waals surface area contributed by atoms with Gasteiger partial charge in [-0.05, 0) is 24.3 Å². The summed E-state index contributed by atoms with van der Waals surface area (Å²) in [6.45, 7) is 3.02. The Morgan fingerprint density at radius 2 is 2.04 bits per heavy atom. The lowest BCUT2D eigenvalue weighted by molar-refractivity contribution is 0.0955. The van der Waals surface area contributed by atoms with Crippen LogP contribution in [0.2, 0.25) is 0 Å². The summed E-state index contributed by atoms with van der Waals surface area (Å²) in [5.41, 5.74) is 4.03. The molecule has 25 heavy (non-hydrogen) atoms. The molecule has 1 amide bonds. The number of rotatable bonds is 5. The first-order valence-corrected chi connectivity index (χ1v) is 8.17. The molecule has 1 aliphatic rings. The highest BCUT2D eigenvalue weighted by Gasteiger charge is 2.14. The van der Waals surface area contributed by atoms with Gasteiger partial charge in [-0.2, -0.15) is 5.10 Å². The van der Waals surface area contributed by atoms with Crippen molar-refractivity contribution >= 4 is 23.7 Å². The van der Waals surface area contributed by atoms with Gasteiger partial charge >= 0.3 is 0 Å². The molecule has 1 saturated heterocycles. The van der Waals surface area contributed by atoms with Crippen LogP contribution in [-0.4, -0.2) is 52.5 Å². The number of hydrogen-bond acceptors (Lipinski definition) is 6. The van der Waals surface area contributed by atoms with E-state index in [1.165, 1.54) is 6.21 Å². The molecular weight excluding hydrogens is 320 g/mol. The maximum atomic E-state index is 12.2. The number of carbonyl (C=O) groups excluding carboxylic acids is 1. The minimum atomic E-state index is -0.264. The van der Waals surface area contributed by atoms with Crippen LogP contribution in [0.25, 0.3) is 0 Å². The van der Waals surface area contributed by atoms with Crippen LogP contribution in [0.4, 0.5) is 11.6 Å². The number of hydrogen-bond donors (Lipinski definition) is 1. The van der Waals surface area contributed by atoms with Crippen molar-refractivity contribution in [3.05, 3.63) is 47.7 Å². The number of furan rings is 1. The lowest BCUT2D eigenvalue weighted by atomic mass is 10.2. The highest BCUT2D eigenvalue weighted by Crippen LogP contribution is 2.18. The molecular formula is C18H22N4O3. The maximum Gasteiger partial charge on any atom is 0.271 e. The van der Waals surface area contributed by atoms with Crippen molar-refractivity contribution < 1.29 is 13.9 Å². The first-order valence-electron chi connectivity index (χ1n) is 8.17. The van der Waals surface area contributed by atoms with E-state index in [9.17, 15) is 4.79 Å². The van der Waals surface area contributed by atoms with E-state index in [0.29, 0.717) is 24.5 Å². The first kappa shape index (κ1) is 17.0. The Bertz CT molecular complexity index is 748. The van der Waals surface area contributed by atoms with E-state index in [2.05, 4.69) is 15.4 Å². The van der Waals surface area contributed by atoms with E-state index in [1.54, 1.807) is 6.07 Å². The number of anilines is 2. The Labute approximate surface area is 146 Å². The SMILES string of the molecule is CN(C)c1cccc(C(=O)N/N=C\c2ccc(N3CCOCC3)o2)c1. The number of amides is 1. The Morgan fingerprint density at radius 3 is 2.80 bits per heavy atom. The van der Waals surface area contributed by atoms with Gasteiger partial charge in [0.25, 0.3) is 5.91 Å². The normalized spacial score (nSPS) is 14.7. The van der Waals surface area contributed by atoms with Gasteiger partial charge in [0.05, 0.1) is 19.4 Å². The largest absolute Gasteiger partial charge is 0.440 e. The van der Waals surface area contributed by atoms with Crippen molar-refractivity contribution in [2.45, 2.75) is 0 Å². The fraction of sp³-hybridized carbons (Fsp3) is 0.333. The Kier molecular flexibility index (Phi) is 5.35. The predicted molar refractivity (Wildman–Crippen MR) is 97.6 cm³/mol. The Hall–Kier alpha value is -2.80. The third kappa shape index (κ3) is 4.39. The van der Waals surface area contributed by atoms with E-state index in [-0.39, 0.29) is 5.91 Å². The molecule has 7 nitrogen and oxygen atoms in total. The molecule has 1 N–H and O–H groups in total. The summed E-state index contributed by atoms with van der Waals surface area (Å²) in [5.74, 6) is 1.11. The molecule has 132 valence electrons. The molecule has 0 atom stereocenters. The van der Waals surface area contributed by atoms with Crippen molar-refractivity contribution in [3.8, 4) is 0 Å². The van der Waals surface area contributed by atoms with Crippen LogP contribution < -0.4 is 15.2 Å². The van der Waals surface area contributed by atoms with Gasteiger partial charge in [-0.25, -0.2) is 5.43 Å². The topological polar surface area (TPSA) is 70.3 Å². The summed E-state index contributed by atoms with van der Waals surface area (Å²) in [6, 6.07) is 11.1. The Morgan fingerprint density at radius 1 is 1.24 bits per heavy atom. The van der Waals surface area contributed by atoms with Gasteiger partial charge in [0.2, 0.25) is 0 Å². The molecule has 0 radical (unpaired) electrons. The number of ether oxygens (including phenoxy) is 1. The third-order valence-corrected chi connectivity index (χ3v) is 3.92. The third-order valence-electron chi connectivity index (χ3n) is 3.92. The molecule has 1 aromatic heterocycles. The molecule has 7 heteroatoms. The summed E-state index contributed by atoms with van der Waals surface area (Å²) >= 11 is 0. The molecule has 2 aromatic rings. The molecule has 2 heterocycles. The predicted octanol–water partition coefficient (Wildman–Crippen LogP) is 1.95. The molecule has 0 bridgehead atoms. The average Bonchev–Trinajstić information content (AvgIpc) is 3.11. The average molecular weight is 342 g/mol. The van der Waals surface area contributed by atoms with Crippen molar-refractivity contribution in [3.63, 3.8) is 0 Å². The van der Waals surface area contributed by atoms with Gasteiger partial charge in [-0.3, -0.25) is 4.79 Å². The second kappa shape index (κ2) is 7.85. The Balaban J connectivity index is 1.58. The molecule has 3 rings (SSSR count).